The van der Waals surface area contributed by atoms with E-state index < -0.39 is 5.97 Å². The number of nitrogens with zero attached hydrogens (tertiary/aromatic N) is 1. The van der Waals surface area contributed by atoms with Gasteiger partial charge in [0.2, 0.25) is 0 Å². The van der Waals surface area contributed by atoms with Gasteiger partial charge in [0.05, 0.1) is 6.54 Å². The van der Waals surface area contributed by atoms with E-state index in [2.05, 4.69) is 0 Å². The third-order valence-corrected chi connectivity index (χ3v) is 0.451. The van der Waals surface area contributed by atoms with Crippen LogP contribution in [-0.4, -0.2) is 36.6 Å². The molecule has 0 heterocycles. The summed E-state index contributed by atoms with van der Waals surface area (Å²) in [6, 6.07) is 0. The topological polar surface area (TPSA) is 40.5 Å². The second kappa shape index (κ2) is 5.09. The molecule has 0 fully saturated rings. The maximum Gasteiger partial charge on any atom is 0.317 e. The Morgan fingerprint density at radius 1 is 1.62 bits per heavy atom. The van der Waals surface area contributed by atoms with Crippen LogP contribution < -0.4 is 0 Å². The summed E-state index contributed by atoms with van der Waals surface area (Å²) < 4.78 is 0. The minimum atomic E-state index is -0.787. The van der Waals surface area contributed by atoms with Gasteiger partial charge < -0.3 is 5.11 Å². The Bertz CT molecular complexity index is 74.4. The molecule has 4 heteroatoms. The summed E-state index contributed by atoms with van der Waals surface area (Å²) in [4.78, 5) is 11.4. The zero-order chi connectivity index (χ0) is 5.86. The molecule has 0 saturated carbocycles. The minimum Gasteiger partial charge on any atom is -0.480 e. The van der Waals surface area contributed by atoms with E-state index in [9.17, 15) is 4.79 Å². The molecule has 0 aromatic rings. The zero-order valence-corrected chi connectivity index (χ0v) is 5.75. The Morgan fingerprint density at radius 2 is 2.00 bits per heavy atom. The molecule has 1 N–H and O–H groups in total. The van der Waals surface area contributed by atoms with Crippen molar-refractivity contribution in [1.29, 1.82) is 0 Å². The molecule has 0 aromatic carbocycles. The Labute approximate surface area is 59.1 Å². The molecule has 0 bridgehead atoms. The number of likely N-dealkylation sites (N-methyl/N-ethyl adjacent to an activating group) is 1. The largest absolute Gasteiger partial charge is 0.480 e. The Morgan fingerprint density at radius 3 is 2.00 bits per heavy atom. The van der Waals surface area contributed by atoms with Crippen molar-refractivity contribution >= 4 is 5.97 Å². The van der Waals surface area contributed by atoms with Crippen molar-refractivity contribution in [3.63, 3.8) is 0 Å². The van der Waals surface area contributed by atoms with E-state index in [-0.39, 0.29) is 23.6 Å². The maximum absolute atomic E-state index is 9.77. The summed E-state index contributed by atoms with van der Waals surface area (Å²) in [5.74, 6) is -0.787. The van der Waals surface area contributed by atoms with Crippen molar-refractivity contribution < 1.29 is 27.0 Å². The summed E-state index contributed by atoms with van der Waals surface area (Å²) in [7, 11) is 3.43. The molecule has 1 radical (unpaired) electrons. The standard InChI is InChI=1S/C4H9NO2.Cu/c1-5(2)3-4(6)7;/h3H2,1-2H3,(H,6,7);. The van der Waals surface area contributed by atoms with Gasteiger partial charge in [-0.25, -0.2) is 0 Å². The molecule has 0 rings (SSSR count). The van der Waals surface area contributed by atoms with Crippen LogP contribution in [0.5, 0.6) is 0 Å². The van der Waals surface area contributed by atoms with Gasteiger partial charge in [-0.1, -0.05) is 0 Å². The Hall–Kier alpha value is -0.0505. The summed E-state index contributed by atoms with van der Waals surface area (Å²) in [6.45, 7) is 0.111. The maximum atomic E-state index is 9.77. The van der Waals surface area contributed by atoms with Crippen LogP contribution in [-0.2, 0) is 21.9 Å². The van der Waals surface area contributed by atoms with E-state index in [0.29, 0.717) is 0 Å². The zero-order valence-electron chi connectivity index (χ0n) is 4.81. The SMILES string of the molecule is CN(C)CC(=O)O.[Cu]. The molecule has 3 nitrogen and oxygen atoms in total. The molecule has 0 aliphatic heterocycles. The predicted molar refractivity (Wildman–Crippen MR) is 26.2 cm³/mol. The third-order valence-electron chi connectivity index (χ3n) is 0.451. The number of aliphatic carboxylic acids is 1. The first-order valence-corrected chi connectivity index (χ1v) is 1.99. The molecule has 0 unspecified atom stereocenters. The molecule has 0 spiro atoms. The van der Waals surface area contributed by atoms with Gasteiger partial charge in [-0.3, -0.25) is 9.69 Å². The summed E-state index contributed by atoms with van der Waals surface area (Å²) in [5.41, 5.74) is 0. The first-order chi connectivity index (χ1) is 3.13. The number of carbonyl (C=O) groups is 1. The molecule has 0 aromatic heterocycles. The van der Waals surface area contributed by atoms with Crippen LogP contribution in [0.4, 0.5) is 0 Å². The van der Waals surface area contributed by atoms with Gasteiger partial charge in [-0.05, 0) is 14.1 Å². The fourth-order valence-corrected chi connectivity index (χ4v) is 0.271. The van der Waals surface area contributed by atoms with Crippen LogP contribution in [0.1, 0.15) is 0 Å². The normalized spacial score (nSPS) is 8.38. The van der Waals surface area contributed by atoms with Crippen LogP contribution in [0.3, 0.4) is 0 Å². The smallest absolute Gasteiger partial charge is 0.317 e. The average Bonchev–Trinajstić information content (AvgIpc) is 1.27. The molecule has 0 aliphatic carbocycles. The molecular formula is C4H9CuNO2. The van der Waals surface area contributed by atoms with Gasteiger partial charge >= 0.3 is 5.97 Å². The number of hydrogen-bond acceptors (Lipinski definition) is 2. The molecule has 0 amide bonds. The molecule has 0 aliphatic rings. The summed E-state index contributed by atoms with van der Waals surface area (Å²) >= 11 is 0. The quantitative estimate of drug-likeness (QED) is 0.570. The van der Waals surface area contributed by atoms with Gasteiger partial charge in [-0.15, -0.1) is 0 Å². The molecule has 53 valence electrons. The summed E-state index contributed by atoms with van der Waals surface area (Å²) in [5, 5.41) is 8.04. The van der Waals surface area contributed by atoms with E-state index in [4.69, 9.17) is 5.11 Å². The molecule has 8 heavy (non-hydrogen) atoms. The van der Waals surface area contributed by atoms with E-state index in [1.54, 1.807) is 19.0 Å². The van der Waals surface area contributed by atoms with E-state index >= 15 is 0 Å². The van der Waals surface area contributed by atoms with Gasteiger partial charge in [0.1, 0.15) is 0 Å². The fraction of sp³-hybridized carbons (Fsp3) is 0.750. The second-order valence-corrected chi connectivity index (χ2v) is 1.63. The van der Waals surface area contributed by atoms with Crippen molar-refractivity contribution in [1.82, 2.24) is 4.90 Å². The molecule has 0 atom stereocenters. The number of carboxylic acids is 1. The average molecular weight is 167 g/mol. The molecule has 0 saturated heterocycles. The predicted octanol–water partition coefficient (Wildman–Crippen LogP) is -0.370. The van der Waals surface area contributed by atoms with Crippen LogP contribution in [0.2, 0.25) is 0 Å². The Kier molecular flexibility index (Phi) is 6.91. The number of hydrogen-bond donors (Lipinski definition) is 1. The van der Waals surface area contributed by atoms with Gasteiger partial charge in [0, 0.05) is 17.1 Å². The first kappa shape index (κ1) is 10.8. The van der Waals surface area contributed by atoms with Crippen LogP contribution in [0.25, 0.3) is 0 Å². The van der Waals surface area contributed by atoms with E-state index in [1.165, 1.54) is 0 Å². The van der Waals surface area contributed by atoms with E-state index in [0.717, 1.165) is 0 Å². The van der Waals surface area contributed by atoms with Crippen LogP contribution in [0, 0.1) is 0 Å². The Balaban J connectivity index is 0. The van der Waals surface area contributed by atoms with Crippen molar-refractivity contribution in [2.24, 2.45) is 0 Å². The molecular weight excluding hydrogens is 158 g/mol. The second-order valence-electron chi connectivity index (χ2n) is 1.63. The van der Waals surface area contributed by atoms with Gasteiger partial charge in [0.15, 0.2) is 0 Å². The van der Waals surface area contributed by atoms with Crippen molar-refractivity contribution in [3.05, 3.63) is 0 Å². The first-order valence-electron chi connectivity index (χ1n) is 1.99. The van der Waals surface area contributed by atoms with Crippen LogP contribution >= 0.6 is 0 Å². The van der Waals surface area contributed by atoms with Gasteiger partial charge in [-0.2, -0.15) is 0 Å². The number of carboxylic acid groups (broad SMARTS) is 1. The van der Waals surface area contributed by atoms with Gasteiger partial charge in [0.25, 0.3) is 0 Å². The van der Waals surface area contributed by atoms with Crippen molar-refractivity contribution in [3.8, 4) is 0 Å². The van der Waals surface area contributed by atoms with Crippen molar-refractivity contribution in [2.75, 3.05) is 20.6 Å². The van der Waals surface area contributed by atoms with Crippen LogP contribution in [0.15, 0.2) is 0 Å². The number of rotatable bonds is 2. The van der Waals surface area contributed by atoms with E-state index in [1.807, 2.05) is 0 Å². The monoisotopic (exact) mass is 166 g/mol. The minimum absolute atomic E-state index is 0. The summed E-state index contributed by atoms with van der Waals surface area (Å²) in [6.07, 6.45) is 0. The van der Waals surface area contributed by atoms with Crippen molar-refractivity contribution in [2.45, 2.75) is 0 Å². The third kappa shape index (κ3) is 9.34. The fourth-order valence-electron chi connectivity index (χ4n) is 0.271.